The summed E-state index contributed by atoms with van der Waals surface area (Å²) in [5.41, 5.74) is 6.39. The van der Waals surface area contributed by atoms with Gasteiger partial charge in [0.1, 0.15) is 11.7 Å². The second kappa shape index (κ2) is 9.94. The molecule has 2 aliphatic carbocycles. The van der Waals surface area contributed by atoms with Crippen LogP contribution in [-0.2, 0) is 4.79 Å². The molecule has 1 fully saturated rings. The van der Waals surface area contributed by atoms with Gasteiger partial charge in [-0.15, -0.1) is 0 Å². The number of nitrogens with zero attached hydrogens (tertiary/aromatic N) is 4. The van der Waals surface area contributed by atoms with Crippen LogP contribution in [-0.4, -0.2) is 44.0 Å². The fourth-order valence-corrected chi connectivity index (χ4v) is 5.84. The van der Waals surface area contributed by atoms with Crippen LogP contribution in [0.1, 0.15) is 43.5 Å². The van der Waals surface area contributed by atoms with Crippen LogP contribution in [0.25, 0.3) is 27.6 Å². The highest BCUT2D eigenvalue weighted by Gasteiger charge is 2.34. The summed E-state index contributed by atoms with van der Waals surface area (Å²) < 4.78 is 0. The number of aliphatic imine (C=N–C) groups is 1. The number of anilines is 1. The fourth-order valence-electron chi connectivity index (χ4n) is 5.84. The minimum Gasteiger partial charge on any atom is -0.360 e. The van der Waals surface area contributed by atoms with E-state index in [9.17, 15) is 4.79 Å². The van der Waals surface area contributed by atoms with Gasteiger partial charge in [-0.05, 0) is 48.7 Å². The SMILES string of the molecule is O=C(Nc1cncc(-c2ccc3[nH]nc(C4=NC5C(c6ccccn6)=CC=CC5N4)c3c2)c1)C1CCCCC1. The Labute approximate surface area is 226 Å². The summed E-state index contributed by atoms with van der Waals surface area (Å²) in [4.78, 5) is 26.8. The van der Waals surface area contributed by atoms with Crippen molar-refractivity contribution in [3.8, 4) is 11.1 Å². The molecule has 0 radical (unpaired) electrons. The third-order valence-electron chi connectivity index (χ3n) is 7.89. The van der Waals surface area contributed by atoms with Crippen molar-refractivity contribution < 1.29 is 4.79 Å². The van der Waals surface area contributed by atoms with E-state index in [0.29, 0.717) is 0 Å². The minimum atomic E-state index is -0.0662. The van der Waals surface area contributed by atoms with Crippen molar-refractivity contribution in [1.29, 1.82) is 0 Å². The number of fused-ring (bicyclic) bond motifs is 2. The maximum atomic E-state index is 12.8. The molecule has 0 saturated heterocycles. The van der Waals surface area contributed by atoms with Gasteiger partial charge in [0.2, 0.25) is 5.91 Å². The Balaban J connectivity index is 1.17. The van der Waals surface area contributed by atoms with Crippen molar-refractivity contribution >= 4 is 33.9 Å². The Morgan fingerprint density at radius 2 is 1.92 bits per heavy atom. The van der Waals surface area contributed by atoms with Crippen LogP contribution in [0.3, 0.4) is 0 Å². The van der Waals surface area contributed by atoms with Crippen molar-refractivity contribution in [2.45, 2.75) is 44.2 Å². The monoisotopic (exact) mass is 515 g/mol. The molecular formula is C31H29N7O. The molecule has 4 aromatic rings. The first-order valence-electron chi connectivity index (χ1n) is 13.6. The summed E-state index contributed by atoms with van der Waals surface area (Å²) in [6.45, 7) is 0. The van der Waals surface area contributed by atoms with Crippen LogP contribution in [0.2, 0.25) is 0 Å². The zero-order valence-corrected chi connectivity index (χ0v) is 21.5. The highest BCUT2D eigenvalue weighted by atomic mass is 16.1. The lowest BCUT2D eigenvalue weighted by molar-refractivity contribution is -0.120. The number of aromatic amines is 1. The van der Waals surface area contributed by atoms with Gasteiger partial charge in [-0.25, -0.2) is 0 Å². The molecule has 0 spiro atoms. The number of hydrogen-bond acceptors (Lipinski definition) is 6. The molecule has 39 heavy (non-hydrogen) atoms. The first-order valence-corrected chi connectivity index (χ1v) is 13.6. The fraction of sp³-hybridized carbons (Fsp3) is 0.258. The molecule has 1 amide bonds. The second-order valence-corrected chi connectivity index (χ2v) is 10.4. The number of pyridine rings is 2. The number of allylic oxidation sites excluding steroid dienone is 2. The molecule has 2 atom stereocenters. The van der Waals surface area contributed by atoms with Gasteiger partial charge in [0, 0.05) is 34.8 Å². The number of amides is 1. The van der Waals surface area contributed by atoms with E-state index in [1.165, 1.54) is 6.42 Å². The van der Waals surface area contributed by atoms with Gasteiger partial charge in [0.15, 0.2) is 5.84 Å². The van der Waals surface area contributed by atoms with Crippen LogP contribution in [0, 0.1) is 5.92 Å². The number of amidine groups is 1. The molecule has 2 unspecified atom stereocenters. The van der Waals surface area contributed by atoms with Crippen LogP contribution >= 0.6 is 0 Å². The molecule has 0 bridgehead atoms. The lowest BCUT2D eigenvalue weighted by Crippen LogP contribution is -2.35. The summed E-state index contributed by atoms with van der Waals surface area (Å²) in [6, 6.07) is 14.1. The summed E-state index contributed by atoms with van der Waals surface area (Å²) in [7, 11) is 0. The van der Waals surface area contributed by atoms with Crippen molar-refractivity contribution in [2.75, 3.05) is 5.32 Å². The number of hydrogen-bond donors (Lipinski definition) is 3. The molecule has 1 aromatic carbocycles. The molecule has 3 aromatic heterocycles. The number of nitrogens with one attached hydrogen (secondary N) is 3. The predicted octanol–water partition coefficient (Wildman–Crippen LogP) is 5.28. The number of carbonyl (C=O) groups is 1. The van der Waals surface area contributed by atoms with E-state index in [1.54, 1.807) is 6.20 Å². The van der Waals surface area contributed by atoms with E-state index in [0.717, 1.165) is 76.2 Å². The number of aromatic nitrogens is 4. The number of rotatable bonds is 5. The predicted molar refractivity (Wildman–Crippen MR) is 153 cm³/mol. The van der Waals surface area contributed by atoms with Crippen LogP contribution in [0.15, 0.2) is 84.3 Å². The second-order valence-electron chi connectivity index (χ2n) is 10.4. The Bertz CT molecular complexity index is 1630. The zero-order valence-electron chi connectivity index (χ0n) is 21.5. The number of carbonyl (C=O) groups excluding carboxylic acids is 1. The average molecular weight is 516 g/mol. The number of benzene rings is 1. The smallest absolute Gasteiger partial charge is 0.227 e. The lowest BCUT2D eigenvalue weighted by Gasteiger charge is -2.20. The molecule has 7 rings (SSSR count). The third kappa shape index (κ3) is 4.52. The largest absolute Gasteiger partial charge is 0.360 e. The van der Waals surface area contributed by atoms with Crippen molar-refractivity contribution in [2.24, 2.45) is 10.9 Å². The summed E-state index contributed by atoms with van der Waals surface area (Å²) in [6.07, 6.45) is 17.0. The maximum Gasteiger partial charge on any atom is 0.227 e. The van der Waals surface area contributed by atoms with E-state index >= 15 is 0 Å². The zero-order chi connectivity index (χ0) is 26.2. The third-order valence-corrected chi connectivity index (χ3v) is 7.89. The normalized spacial score (nSPS) is 20.7. The molecular weight excluding hydrogens is 486 g/mol. The first kappa shape index (κ1) is 23.5. The van der Waals surface area contributed by atoms with Gasteiger partial charge in [0.05, 0.1) is 29.1 Å². The molecule has 4 heterocycles. The molecule has 194 valence electrons. The average Bonchev–Trinajstić information content (AvgIpc) is 3.62. The van der Waals surface area contributed by atoms with Crippen molar-refractivity contribution in [1.82, 2.24) is 25.5 Å². The molecule has 3 N–H and O–H groups in total. The Morgan fingerprint density at radius 3 is 2.79 bits per heavy atom. The van der Waals surface area contributed by atoms with E-state index in [1.807, 2.05) is 48.8 Å². The van der Waals surface area contributed by atoms with Crippen molar-refractivity contribution in [3.63, 3.8) is 0 Å². The Kier molecular flexibility index (Phi) is 6.00. The first-order chi connectivity index (χ1) is 19.2. The van der Waals surface area contributed by atoms with Gasteiger partial charge < -0.3 is 10.6 Å². The standard InChI is InChI=1S/C31H29N7O/c39-31(19-7-2-1-3-8-19)34-22-15-21(17-32-18-22)20-12-13-26-24(16-20)29(38-37-26)30-35-27-11-6-9-23(28(27)36-30)25-10-4-5-14-33-25/h4-6,9-19,27-28H,1-3,7-8H2,(H,34,39)(H,35,36)(H,37,38). The molecule has 1 saturated carbocycles. The van der Waals surface area contributed by atoms with Gasteiger partial charge in [-0.2, -0.15) is 5.10 Å². The summed E-state index contributed by atoms with van der Waals surface area (Å²) in [5, 5.41) is 15.4. The van der Waals surface area contributed by atoms with E-state index in [-0.39, 0.29) is 23.9 Å². The van der Waals surface area contributed by atoms with Gasteiger partial charge in [-0.3, -0.25) is 24.9 Å². The van der Waals surface area contributed by atoms with Crippen LogP contribution < -0.4 is 10.6 Å². The van der Waals surface area contributed by atoms with E-state index in [4.69, 9.17) is 4.99 Å². The molecule has 8 nitrogen and oxygen atoms in total. The minimum absolute atomic E-state index is 0.0468. The van der Waals surface area contributed by atoms with Gasteiger partial charge >= 0.3 is 0 Å². The Hall–Kier alpha value is -4.59. The maximum absolute atomic E-state index is 12.8. The number of H-pyrrole nitrogens is 1. The van der Waals surface area contributed by atoms with E-state index in [2.05, 4.69) is 55.1 Å². The van der Waals surface area contributed by atoms with Gasteiger partial charge in [-0.1, -0.05) is 49.6 Å². The molecule has 1 aliphatic heterocycles. The Morgan fingerprint density at radius 1 is 1.00 bits per heavy atom. The summed E-state index contributed by atoms with van der Waals surface area (Å²) in [5.74, 6) is 0.952. The quantitative estimate of drug-likeness (QED) is 0.335. The van der Waals surface area contributed by atoms with Crippen molar-refractivity contribution in [3.05, 3.63) is 90.7 Å². The van der Waals surface area contributed by atoms with E-state index < -0.39 is 0 Å². The highest BCUT2D eigenvalue weighted by Crippen LogP contribution is 2.32. The van der Waals surface area contributed by atoms with Gasteiger partial charge in [0.25, 0.3) is 0 Å². The lowest BCUT2D eigenvalue weighted by atomic mass is 9.88. The van der Waals surface area contributed by atoms with Crippen LogP contribution in [0.5, 0.6) is 0 Å². The van der Waals surface area contributed by atoms with Crippen LogP contribution in [0.4, 0.5) is 5.69 Å². The summed E-state index contributed by atoms with van der Waals surface area (Å²) >= 11 is 0. The molecule has 3 aliphatic rings. The topological polar surface area (TPSA) is 108 Å². The highest BCUT2D eigenvalue weighted by molar-refractivity contribution is 6.10. The molecule has 8 heteroatoms.